The number of hydrogen-bond donors (Lipinski definition) is 2. The zero-order valence-corrected chi connectivity index (χ0v) is 10.2. The number of carbonyl (C=O) groups excluding carboxylic acids is 1. The molecule has 16 heavy (non-hydrogen) atoms. The molecule has 2 rings (SSSR count). The highest BCUT2D eigenvalue weighted by Crippen LogP contribution is 2.23. The number of hydrogen-bond acceptors (Lipinski definition) is 3. The number of likely N-dealkylation sites (tertiary alicyclic amines) is 1. The molecule has 0 bridgehead atoms. The van der Waals surface area contributed by atoms with Crippen LogP contribution in [0.2, 0.25) is 0 Å². The van der Waals surface area contributed by atoms with Crippen LogP contribution in [0.15, 0.2) is 0 Å². The van der Waals surface area contributed by atoms with Crippen molar-refractivity contribution in [3.63, 3.8) is 0 Å². The highest BCUT2D eigenvalue weighted by atomic mass is 16.3. The van der Waals surface area contributed by atoms with E-state index in [0.29, 0.717) is 19.1 Å². The van der Waals surface area contributed by atoms with E-state index in [-0.39, 0.29) is 11.9 Å². The van der Waals surface area contributed by atoms with Crippen molar-refractivity contribution in [2.24, 2.45) is 0 Å². The van der Waals surface area contributed by atoms with Crippen molar-refractivity contribution in [2.75, 3.05) is 13.1 Å². The smallest absolute Gasteiger partial charge is 0.237 e. The molecule has 0 aromatic heterocycles. The van der Waals surface area contributed by atoms with Gasteiger partial charge in [0, 0.05) is 19.1 Å². The number of rotatable bonds is 3. The van der Waals surface area contributed by atoms with Crippen molar-refractivity contribution in [3.05, 3.63) is 0 Å². The largest absolute Gasteiger partial charge is 0.388 e. The van der Waals surface area contributed by atoms with E-state index in [9.17, 15) is 9.90 Å². The molecule has 0 aromatic rings. The zero-order valence-electron chi connectivity index (χ0n) is 10.2. The van der Waals surface area contributed by atoms with E-state index in [0.717, 1.165) is 12.8 Å². The maximum absolute atomic E-state index is 11.9. The average Bonchev–Trinajstić information content (AvgIpc) is 2.65. The predicted molar refractivity (Wildman–Crippen MR) is 62.1 cm³/mol. The highest BCUT2D eigenvalue weighted by Gasteiger charge is 2.41. The van der Waals surface area contributed by atoms with Gasteiger partial charge in [-0.2, -0.15) is 0 Å². The quantitative estimate of drug-likeness (QED) is 0.737. The molecule has 0 radical (unpaired) electrons. The van der Waals surface area contributed by atoms with E-state index < -0.39 is 5.60 Å². The van der Waals surface area contributed by atoms with Crippen molar-refractivity contribution in [1.82, 2.24) is 10.2 Å². The Kier molecular flexibility index (Phi) is 3.22. The Bertz CT molecular complexity index is 264. The lowest BCUT2D eigenvalue weighted by molar-refractivity contribution is -0.139. The van der Waals surface area contributed by atoms with Gasteiger partial charge < -0.3 is 10.4 Å². The van der Waals surface area contributed by atoms with Gasteiger partial charge in [0.1, 0.15) is 0 Å². The van der Waals surface area contributed by atoms with Crippen LogP contribution >= 0.6 is 0 Å². The summed E-state index contributed by atoms with van der Waals surface area (Å²) in [6.45, 7) is 4.93. The minimum atomic E-state index is -0.595. The van der Waals surface area contributed by atoms with Gasteiger partial charge in [-0.3, -0.25) is 9.69 Å². The van der Waals surface area contributed by atoms with Gasteiger partial charge in [-0.05, 0) is 26.7 Å². The number of aliphatic hydroxyl groups is 1. The maximum Gasteiger partial charge on any atom is 0.237 e. The predicted octanol–water partition coefficient (Wildman–Crippen LogP) is 0.500. The number of β-amino-alcohol motifs (C(OH)–C–C–N with tert-alkyl or cyclic N) is 1. The summed E-state index contributed by atoms with van der Waals surface area (Å²) < 4.78 is 0. The van der Waals surface area contributed by atoms with Gasteiger partial charge in [-0.15, -0.1) is 0 Å². The van der Waals surface area contributed by atoms with E-state index >= 15 is 0 Å². The summed E-state index contributed by atoms with van der Waals surface area (Å²) in [4.78, 5) is 13.9. The van der Waals surface area contributed by atoms with Crippen molar-refractivity contribution in [1.29, 1.82) is 0 Å². The molecule has 2 N–H and O–H groups in total. The van der Waals surface area contributed by atoms with Crippen molar-refractivity contribution >= 4 is 5.91 Å². The van der Waals surface area contributed by atoms with E-state index in [1.807, 2.05) is 18.7 Å². The molecule has 92 valence electrons. The van der Waals surface area contributed by atoms with E-state index in [1.54, 1.807) is 0 Å². The summed E-state index contributed by atoms with van der Waals surface area (Å²) in [6.07, 6.45) is 4.71. The average molecular weight is 226 g/mol. The lowest BCUT2D eigenvalue weighted by Crippen LogP contribution is -2.65. The second kappa shape index (κ2) is 4.34. The van der Waals surface area contributed by atoms with Crippen molar-refractivity contribution < 1.29 is 9.90 Å². The number of nitrogens with zero attached hydrogens (tertiary/aromatic N) is 1. The summed E-state index contributed by atoms with van der Waals surface area (Å²) in [7, 11) is 0. The lowest BCUT2D eigenvalue weighted by atomic mass is 9.94. The standard InChI is InChI=1S/C12H22N2O2/c1-9(14-7-12(2,16)8-14)11(15)13-10-5-3-4-6-10/h9-10,16H,3-8H2,1-2H3,(H,13,15). The first-order valence-corrected chi connectivity index (χ1v) is 6.25. The van der Waals surface area contributed by atoms with Crippen LogP contribution in [0.4, 0.5) is 0 Å². The molecule has 1 heterocycles. The molecule has 0 spiro atoms. The molecular weight excluding hydrogens is 204 g/mol. The van der Waals surface area contributed by atoms with Crippen LogP contribution in [-0.4, -0.2) is 46.7 Å². The third-order valence-electron chi connectivity index (χ3n) is 3.72. The number of carbonyl (C=O) groups is 1. The van der Waals surface area contributed by atoms with Gasteiger partial charge in [0.05, 0.1) is 11.6 Å². The highest BCUT2D eigenvalue weighted by molar-refractivity contribution is 5.81. The second-order valence-corrected chi connectivity index (χ2v) is 5.57. The molecule has 1 saturated carbocycles. The van der Waals surface area contributed by atoms with E-state index in [4.69, 9.17) is 0 Å². The Morgan fingerprint density at radius 2 is 2.00 bits per heavy atom. The molecule has 1 unspecified atom stereocenters. The zero-order chi connectivity index (χ0) is 11.8. The van der Waals surface area contributed by atoms with Crippen LogP contribution in [0.1, 0.15) is 39.5 Å². The summed E-state index contributed by atoms with van der Waals surface area (Å²) >= 11 is 0. The SMILES string of the molecule is CC(C(=O)NC1CCCC1)N1CC(C)(O)C1. The summed E-state index contributed by atoms with van der Waals surface area (Å²) in [5, 5.41) is 12.7. The molecule has 1 aliphatic carbocycles. The molecule has 1 atom stereocenters. The topological polar surface area (TPSA) is 52.6 Å². The first kappa shape index (κ1) is 11.9. The van der Waals surface area contributed by atoms with Crippen LogP contribution in [0.25, 0.3) is 0 Å². The molecule has 4 heteroatoms. The number of amides is 1. The number of nitrogens with one attached hydrogen (secondary N) is 1. The Hall–Kier alpha value is -0.610. The fourth-order valence-corrected chi connectivity index (χ4v) is 2.66. The Morgan fingerprint density at radius 3 is 2.50 bits per heavy atom. The molecule has 1 aliphatic heterocycles. The molecule has 0 aromatic carbocycles. The Balaban J connectivity index is 1.76. The van der Waals surface area contributed by atoms with Crippen LogP contribution < -0.4 is 5.32 Å². The third kappa shape index (κ3) is 2.55. The molecule has 1 saturated heterocycles. The molecule has 2 fully saturated rings. The fourth-order valence-electron chi connectivity index (χ4n) is 2.66. The fraction of sp³-hybridized carbons (Fsp3) is 0.917. The van der Waals surface area contributed by atoms with Gasteiger partial charge in [0.15, 0.2) is 0 Å². The molecule has 1 amide bonds. The minimum Gasteiger partial charge on any atom is -0.388 e. The Labute approximate surface area is 97.0 Å². The van der Waals surface area contributed by atoms with Gasteiger partial charge >= 0.3 is 0 Å². The first-order valence-electron chi connectivity index (χ1n) is 6.25. The van der Waals surface area contributed by atoms with Gasteiger partial charge in [0.2, 0.25) is 5.91 Å². The normalized spacial score (nSPS) is 27.4. The summed E-state index contributed by atoms with van der Waals surface area (Å²) in [5.41, 5.74) is -0.595. The Morgan fingerprint density at radius 1 is 1.44 bits per heavy atom. The van der Waals surface area contributed by atoms with Crippen LogP contribution in [0, 0.1) is 0 Å². The summed E-state index contributed by atoms with van der Waals surface area (Å²) in [5.74, 6) is 0.113. The van der Waals surface area contributed by atoms with E-state index in [1.165, 1.54) is 12.8 Å². The maximum atomic E-state index is 11.9. The van der Waals surface area contributed by atoms with Crippen LogP contribution in [0.5, 0.6) is 0 Å². The van der Waals surface area contributed by atoms with Crippen LogP contribution in [0.3, 0.4) is 0 Å². The van der Waals surface area contributed by atoms with Crippen molar-refractivity contribution in [2.45, 2.75) is 57.2 Å². The van der Waals surface area contributed by atoms with Gasteiger partial charge in [0.25, 0.3) is 0 Å². The molecular formula is C12H22N2O2. The second-order valence-electron chi connectivity index (χ2n) is 5.57. The first-order chi connectivity index (χ1) is 7.48. The van der Waals surface area contributed by atoms with Gasteiger partial charge in [-0.1, -0.05) is 12.8 Å². The monoisotopic (exact) mass is 226 g/mol. The summed E-state index contributed by atoms with van der Waals surface area (Å²) in [6, 6.07) is 0.276. The van der Waals surface area contributed by atoms with Gasteiger partial charge in [-0.25, -0.2) is 0 Å². The van der Waals surface area contributed by atoms with Crippen LogP contribution in [-0.2, 0) is 4.79 Å². The minimum absolute atomic E-state index is 0.110. The van der Waals surface area contributed by atoms with Crippen molar-refractivity contribution in [3.8, 4) is 0 Å². The molecule has 4 nitrogen and oxygen atoms in total. The third-order valence-corrected chi connectivity index (χ3v) is 3.72. The molecule has 2 aliphatic rings. The lowest BCUT2D eigenvalue weighted by Gasteiger charge is -2.46. The van der Waals surface area contributed by atoms with E-state index in [2.05, 4.69) is 5.32 Å².